The Kier molecular flexibility index (Phi) is 6.51. The van der Waals surface area contributed by atoms with Gasteiger partial charge in [-0.1, -0.05) is 0 Å². The van der Waals surface area contributed by atoms with Crippen molar-refractivity contribution in [2.24, 2.45) is 0 Å². The predicted molar refractivity (Wildman–Crippen MR) is 89.1 cm³/mol. The smallest absolute Gasteiger partial charge is 0.475 e. The van der Waals surface area contributed by atoms with Gasteiger partial charge in [-0.15, -0.1) is 11.8 Å². The van der Waals surface area contributed by atoms with E-state index in [0.29, 0.717) is 6.10 Å². The van der Waals surface area contributed by atoms with Crippen LogP contribution in [0.4, 0.5) is 13.2 Å². The lowest BCUT2D eigenvalue weighted by atomic mass is 9.92. The third-order valence-electron chi connectivity index (χ3n) is 3.99. The molecule has 0 radical (unpaired) electrons. The number of aliphatic carboxylic acids is 1. The summed E-state index contributed by atoms with van der Waals surface area (Å²) in [7, 11) is 0. The molecule has 1 unspecified atom stereocenters. The standard InChI is InChI=1S/C14H18N2O2S.C2HF3O2/c1-2-18-12-7-14(19-8-12)9-16(10-14)13(17)11-3-5-15-6-4-11;3-2(4,5)1(6)7/h3-6,12H,2,7-10H2,1H3;(H,6,7). The lowest BCUT2D eigenvalue weighted by molar-refractivity contribution is -0.192. The number of nitrogens with zero attached hydrogens (tertiary/aromatic N) is 2. The van der Waals surface area contributed by atoms with Crippen LogP contribution in [0.5, 0.6) is 0 Å². The van der Waals surface area contributed by atoms with Crippen LogP contribution in [0.2, 0.25) is 0 Å². The first-order valence-electron chi connectivity index (χ1n) is 7.92. The summed E-state index contributed by atoms with van der Waals surface area (Å²) in [6.07, 6.45) is -0.310. The first kappa shape index (κ1) is 20.5. The summed E-state index contributed by atoms with van der Waals surface area (Å²) in [6, 6.07) is 3.55. The maximum absolute atomic E-state index is 12.2. The zero-order chi connectivity index (χ0) is 19.4. The Morgan fingerprint density at radius 2 is 1.96 bits per heavy atom. The normalized spacial score (nSPS) is 20.9. The van der Waals surface area contributed by atoms with Crippen molar-refractivity contribution in [3.05, 3.63) is 30.1 Å². The monoisotopic (exact) mass is 392 g/mol. The molecular formula is C16H19F3N2O4S. The second-order valence-corrected chi connectivity index (χ2v) is 7.46. The highest BCUT2D eigenvalue weighted by molar-refractivity contribution is 8.01. The van der Waals surface area contributed by atoms with Crippen molar-refractivity contribution in [1.29, 1.82) is 0 Å². The van der Waals surface area contributed by atoms with Crippen molar-refractivity contribution in [1.82, 2.24) is 9.88 Å². The van der Waals surface area contributed by atoms with Gasteiger partial charge in [0.25, 0.3) is 5.91 Å². The van der Waals surface area contributed by atoms with Crippen molar-refractivity contribution in [2.75, 3.05) is 25.4 Å². The Bertz CT molecular complexity index is 636. The van der Waals surface area contributed by atoms with Crippen LogP contribution in [0.3, 0.4) is 0 Å². The molecule has 2 fully saturated rings. The molecule has 0 aliphatic carbocycles. The average molecular weight is 392 g/mol. The zero-order valence-electron chi connectivity index (χ0n) is 14.0. The number of carbonyl (C=O) groups excluding carboxylic acids is 1. The van der Waals surface area contributed by atoms with Gasteiger partial charge in [0.05, 0.1) is 10.9 Å². The number of likely N-dealkylation sites (tertiary alicyclic amines) is 1. The SMILES string of the molecule is CCOC1CSC2(C1)CN(C(=O)c1ccncc1)C2.O=C(O)C(F)(F)F. The molecule has 1 aromatic heterocycles. The van der Waals surface area contributed by atoms with Crippen molar-refractivity contribution in [3.63, 3.8) is 0 Å². The number of hydrogen-bond acceptors (Lipinski definition) is 5. The maximum atomic E-state index is 12.2. The van der Waals surface area contributed by atoms with Crippen molar-refractivity contribution in [3.8, 4) is 0 Å². The molecule has 144 valence electrons. The summed E-state index contributed by atoms with van der Waals surface area (Å²) in [5.41, 5.74) is 0.731. The van der Waals surface area contributed by atoms with E-state index in [1.807, 2.05) is 23.6 Å². The number of pyridine rings is 1. The molecular weight excluding hydrogens is 373 g/mol. The minimum atomic E-state index is -5.08. The molecule has 2 saturated heterocycles. The summed E-state index contributed by atoms with van der Waals surface area (Å²) < 4.78 is 37.7. The molecule has 3 rings (SSSR count). The Morgan fingerprint density at radius 3 is 2.46 bits per heavy atom. The van der Waals surface area contributed by atoms with Gasteiger partial charge in [0.15, 0.2) is 0 Å². The highest BCUT2D eigenvalue weighted by Crippen LogP contribution is 2.46. The average Bonchev–Trinajstić information content (AvgIpc) is 2.98. The molecule has 0 aromatic carbocycles. The van der Waals surface area contributed by atoms with Gasteiger partial charge in [-0.3, -0.25) is 9.78 Å². The summed E-state index contributed by atoms with van der Waals surface area (Å²) in [4.78, 5) is 27.0. The van der Waals surface area contributed by atoms with Crippen LogP contribution in [0.15, 0.2) is 24.5 Å². The zero-order valence-corrected chi connectivity index (χ0v) is 14.8. The second-order valence-electron chi connectivity index (χ2n) is 5.98. The van der Waals surface area contributed by atoms with Crippen LogP contribution in [0.25, 0.3) is 0 Å². The summed E-state index contributed by atoms with van der Waals surface area (Å²) in [6.45, 7) is 4.52. The predicted octanol–water partition coefficient (Wildman–Crippen LogP) is 2.45. The Hall–Kier alpha value is -1.81. The molecule has 1 spiro atoms. The number of alkyl halides is 3. The Labute approximate surface area is 152 Å². The van der Waals surface area contributed by atoms with Crippen LogP contribution < -0.4 is 0 Å². The number of aromatic nitrogens is 1. The molecule has 10 heteroatoms. The van der Waals surface area contributed by atoms with Crippen molar-refractivity contribution < 1.29 is 32.6 Å². The van der Waals surface area contributed by atoms with Gasteiger partial charge in [-0.2, -0.15) is 13.2 Å². The van der Waals surface area contributed by atoms with E-state index in [-0.39, 0.29) is 10.7 Å². The van der Waals surface area contributed by atoms with Crippen molar-refractivity contribution in [2.45, 2.75) is 30.4 Å². The highest BCUT2D eigenvalue weighted by Gasteiger charge is 2.50. The molecule has 2 aliphatic heterocycles. The van der Waals surface area contributed by atoms with Crippen molar-refractivity contribution >= 4 is 23.6 Å². The number of amides is 1. The molecule has 0 bridgehead atoms. The lowest BCUT2D eigenvalue weighted by Gasteiger charge is -2.47. The van der Waals surface area contributed by atoms with Crippen LogP contribution in [-0.2, 0) is 9.53 Å². The first-order chi connectivity index (χ1) is 12.2. The number of ether oxygens (including phenoxy) is 1. The van der Waals surface area contributed by atoms with E-state index >= 15 is 0 Å². The van der Waals surface area contributed by atoms with Gasteiger partial charge < -0.3 is 14.7 Å². The summed E-state index contributed by atoms with van der Waals surface area (Å²) >= 11 is 1.96. The number of halogens is 3. The van der Waals surface area contributed by atoms with Gasteiger partial charge in [0, 0.05) is 43.4 Å². The van der Waals surface area contributed by atoms with Gasteiger partial charge in [-0.05, 0) is 25.5 Å². The summed E-state index contributed by atoms with van der Waals surface area (Å²) in [5, 5.41) is 7.12. The maximum Gasteiger partial charge on any atom is 0.490 e. The topological polar surface area (TPSA) is 79.7 Å². The van der Waals surface area contributed by atoms with Crippen LogP contribution in [-0.4, -0.2) is 69.3 Å². The fourth-order valence-electron chi connectivity index (χ4n) is 2.84. The van der Waals surface area contributed by atoms with Crippen LogP contribution >= 0.6 is 11.8 Å². The van der Waals surface area contributed by atoms with Gasteiger partial charge in [-0.25, -0.2) is 4.79 Å². The first-order valence-corrected chi connectivity index (χ1v) is 8.90. The molecule has 0 saturated carbocycles. The molecule has 1 N–H and O–H groups in total. The largest absolute Gasteiger partial charge is 0.490 e. The molecule has 3 heterocycles. The van der Waals surface area contributed by atoms with E-state index in [9.17, 15) is 18.0 Å². The fraction of sp³-hybridized carbons (Fsp3) is 0.562. The van der Waals surface area contributed by atoms with E-state index < -0.39 is 12.1 Å². The number of rotatable bonds is 3. The van der Waals surface area contributed by atoms with Crippen LogP contribution in [0.1, 0.15) is 23.7 Å². The van der Waals surface area contributed by atoms with Crippen LogP contribution in [0, 0.1) is 0 Å². The van der Waals surface area contributed by atoms with Gasteiger partial charge in [0.2, 0.25) is 0 Å². The summed E-state index contributed by atoms with van der Waals surface area (Å²) in [5.74, 6) is -1.58. The third kappa shape index (κ3) is 5.10. The van der Waals surface area contributed by atoms with E-state index in [2.05, 4.69) is 4.98 Å². The fourth-order valence-corrected chi connectivity index (χ4v) is 4.39. The number of carboxylic acid groups (broad SMARTS) is 1. The molecule has 1 atom stereocenters. The van der Waals surface area contributed by atoms with Gasteiger partial charge >= 0.3 is 12.1 Å². The van der Waals surface area contributed by atoms with E-state index in [0.717, 1.165) is 37.4 Å². The number of carbonyl (C=O) groups is 2. The molecule has 26 heavy (non-hydrogen) atoms. The number of hydrogen-bond donors (Lipinski definition) is 1. The van der Waals surface area contributed by atoms with E-state index in [1.54, 1.807) is 24.5 Å². The Balaban J connectivity index is 0.000000298. The van der Waals surface area contributed by atoms with E-state index in [1.165, 1.54) is 0 Å². The Morgan fingerprint density at radius 1 is 1.38 bits per heavy atom. The number of thioether (sulfide) groups is 1. The molecule has 1 aromatic rings. The quantitative estimate of drug-likeness (QED) is 0.851. The minimum Gasteiger partial charge on any atom is -0.475 e. The number of carboxylic acids is 1. The second kappa shape index (κ2) is 8.26. The lowest BCUT2D eigenvalue weighted by Crippen LogP contribution is -2.60. The molecule has 6 nitrogen and oxygen atoms in total. The molecule has 2 aliphatic rings. The van der Waals surface area contributed by atoms with Gasteiger partial charge in [0.1, 0.15) is 0 Å². The van der Waals surface area contributed by atoms with E-state index in [4.69, 9.17) is 14.6 Å². The third-order valence-corrected chi connectivity index (χ3v) is 5.57. The highest BCUT2D eigenvalue weighted by atomic mass is 32.2. The molecule has 1 amide bonds. The minimum absolute atomic E-state index is 0.119.